The molecule has 0 fully saturated rings. The van der Waals surface area contributed by atoms with Gasteiger partial charge in [0.2, 0.25) is 0 Å². The molecule has 2 amide bonds. The SMILES string of the molecule is CCC[C@H](NC(=O)NCC1CC=CCC1)C(=O)O. The summed E-state index contributed by atoms with van der Waals surface area (Å²) >= 11 is 0. The molecule has 1 unspecified atom stereocenters. The molecular formula is C13H22N2O3. The van der Waals surface area contributed by atoms with Crippen LogP contribution in [-0.2, 0) is 4.79 Å². The Morgan fingerprint density at radius 1 is 1.44 bits per heavy atom. The minimum absolute atomic E-state index is 0.384. The van der Waals surface area contributed by atoms with Crippen molar-refractivity contribution in [3.05, 3.63) is 12.2 Å². The Hall–Kier alpha value is -1.52. The van der Waals surface area contributed by atoms with Gasteiger partial charge < -0.3 is 15.7 Å². The number of amides is 2. The lowest BCUT2D eigenvalue weighted by atomic mass is 9.94. The Labute approximate surface area is 108 Å². The zero-order valence-corrected chi connectivity index (χ0v) is 10.8. The highest BCUT2D eigenvalue weighted by molar-refractivity contribution is 5.82. The minimum Gasteiger partial charge on any atom is -0.480 e. The van der Waals surface area contributed by atoms with Crippen molar-refractivity contribution in [3.8, 4) is 0 Å². The van der Waals surface area contributed by atoms with Crippen molar-refractivity contribution in [2.75, 3.05) is 6.54 Å². The maximum absolute atomic E-state index is 11.6. The van der Waals surface area contributed by atoms with Crippen LogP contribution in [-0.4, -0.2) is 29.7 Å². The molecule has 1 aliphatic rings. The average molecular weight is 254 g/mol. The van der Waals surface area contributed by atoms with Crippen LogP contribution in [0.25, 0.3) is 0 Å². The number of carbonyl (C=O) groups excluding carboxylic acids is 1. The van der Waals surface area contributed by atoms with Crippen molar-refractivity contribution < 1.29 is 14.7 Å². The molecule has 0 aliphatic heterocycles. The first kappa shape index (κ1) is 14.5. The molecule has 1 aliphatic carbocycles. The predicted octanol–water partition coefficient (Wildman–Crippen LogP) is 1.90. The summed E-state index contributed by atoms with van der Waals surface area (Å²) in [6.45, 7) is 2.50. The lowest BCUT2D eigenvalue weighted by Gasteiger charge is -2.19. The third kappa shape index (κ3) is 5.21. The summed E-state index contributed by atoms with van der Waals surface area (Å²) in [7, 11) is 0. The fourth-order valence-electron chi connectivity index (χ4n) is 2.03. The van der Waals surface area contributed by atoms with Gasteiger partial charge in [-0.25, -0.2) is 9.59 Å². The lowest BCUT2D eigenvalue weighted by molar-refractivity contribution is -0.139. The molecule has 0 heterocycles. The fraction of sp³-hybridized carbons (Fsp3) is 0.692. The third-order valence-electron chi connectivity index (χ3n) is 3.11. The van der Waals surface area contributed by atoms with E-state index in [0.29, 0.717) is 18.9 Å². The number of hydrogen-bond acceptors (Lipinski definition) is 2. The van der Waals surface area contributed by atoms with Gasteiger partial charge in [0.05, 0.1) is 0 Å². The van der Waals surface area contributed by atoms with Crippen LogP contribution in [0.4, 0.5) is 4.79 Å². The third-order valence-corrected chi connectivity index (χ3v) is 3.11. The van der Waals surface area contributed by atoms with Gasteiger partial charge in [-0.05, 0) is 31.6 Å². The van der Waals surface area contributed by atoms with Gasteiger partial charge in [-0.2, -0.15) is 0 Å². The summed E-state index contributed by atoms with van der Waals surface area (Å²) in [5.41, 5.74) is 0. The zero-order valence-electron chi connectivity index (χ0n) is 10.8. The van der Waals surface area contributed by atoms with Crippen LogP contribution in [0.5, 0.6) is 0 Å². The van der Waals surface area contributed by atoms with Gasteiger partial charge in [0.15, 0.2) is 0 Å². The monoisotopic (exact) mass is 254 g/mol. The minimum atomic E-state index is -0.979. The van der Waals surface area contributed by atoms with Crippen LogP contribution in [0.2, 0.25) is 0 Å². The molecule has 5 heteroatoms. The first-order valence-electron chi connectivity index (χ1n) is 6.55. The second-order valence-corrected chi connectivity index (χ2v) is 4.68. The summed E-state index contributed by atoms with van der Waals surface area (Å²) in [5, 5.41) is 14.2. The smallest absolute Gasteiger partial charge is 0.326 e. The molecule has 2 atom stereocenters. The van der Waals surface area contributed by atoms with Gasteiger partial charge in [0, 0.05) is 6.54 Å². The molecule has 0 aromatic carbocycles. The standard InChI is InChI=1S/C13H22N2O3/c1-2-6-11(12(16)17)15-13(18)14-9-10-7-4-3-5-8-10/h3-4,10-11H,2,5-9H2,1H3,(H,16,17)(H2,14,15,18)/t10?,11-/m0/s1. The predicted molar refractivity (Wildman–Crippen MR) is 69.3 cm³/mol. The molecule has 0 aromatic heterocycles. The van der Waals surface area contributed by atoms with Crippen molar-refractivity contribution in [3.63, 3.8) is 0 Å². The van der Waals surface area contributed by atoms with Gasteiger partial charge in [-0.15, -0.1) is 0 Å². The molecule has 0 saturated heterocycles. The number of carbonyl (C=O) groups is 2. The summed E-state index contributed by atoms with van der Waals surface area (Å²) in [6.07, 6.45) is 8.58. The number of rotatable bonds is 6. The highest BCUT2D eigenvalue weighted by Crippen LogP contribution is 2.16. The van der Waals surface area contributed by atoms with Crippen LogP contribution < -0.4 is 10.6 Å². The highest BCUT2D eigenvalue weighted by Gasteiger charge is 2.19. The fourth-order valence-corrected chi connectivity index (χ4v) is 2.03. The largest absolute Gasteiger partial charge is 0.480 e. The van der Waals surface area contributed by atoms with E-state index >= 15 is 0 Å². The van der Waals surface area contributed by atoms with E-state index in [1.807, 2.05) is 6.92 Å². The van der Waals surface area contributed by atoms with Gasteiger partial charge >= 0.3 is 12.0 Å². The summed E-state index contributed by atoms with van der Waals surface area (Å²) in [6, 6.07) is -1.17. The van der Waals surface area contributed by atoms with Crippen molar-refractivity contribution in [2.24, 2.45) is 5.92 Å². The number of aliphatic carboxylic acids is 1. The lowest BCUT2D eigenvalue weighted by Crippen LogP contribution is -2.47. The Morgan fingerprint density at radius 3 is 2.78 bits per heavy atom. The first-order chi connectivity index (χ1) is 8.63. The first-order valence-corrected chi connectivity index (χ1v) is 6.55. The van der Waals surface area contributed by atoms with Gasteiger partial charge in [-0.1, -0.05) is 25.5 Å². The number of carboxylic acids is 1. The summed E-state index contributed by atoms with van der Waals surface area (Å²) in [4.78, 5) is 22.5. The van der Waals surface area contributed by atoms with Crippen LogP contribution in [0.3, 0.4) is 0 Å². The van der Waals surface area contributed by atoms with E-state index < -0.39 is 12.0 Å². The molecular weight excluding hydrogens is 232 g/mol. The number of hydrogen-bond donors (Lipinski definition) is 3. The number of nitrogens with one attached hydrogen (secondary N) is 2. The van der Waals surface area contributed by atoms with Crippen molar-refractivity contribution >= 4 is 12.0 Å². The number of urea groups is 1. The van der Waals surface area contributed by atoms with Crippen molar-refractivity contribution in [1.29, 1.82) is 0 Å². The van der Waals surface area contributed by atoms with Crippen LogP contribution in [0, 0.1) is 5.92 Å². The molecule has 1 rings (SSSR count). The molecule has 3 N–H and O–H groups in total. The van der Waals surface area contributed by atoms with E-state index in [9.17, 15) is 9.59 Å². The molecule has 0 saturated carbocycles. The van der Waals surface area contributed by atoms with Gasteiger partial charge in [-0.3, -0.25) is 0 Å². The molecule has 102 valence electrons. The van der Waals surface area contributed by atoms with Crippen LogP contribution in [0.1, 0.15) is 39.0 Å². The molecule has 0 radical (unpaired) electrons. The molecule has 0 spiro atoms. The average Bonchev–Trinajstić information content (AvgIpc) is 2.37. The number of carboxylic acid groups (broad SMARTS) is 1. The van der Waals surface area contributed by atoms with Crippen molar-refractivity contribution in [2.45, 2.75) is 45.1 Å². The Bertz CT molecular complexity index is 315. The molecule has 0 bridgehead atoms. The van der Waals surface area contributed by atoms with Crippen LogP contribution >= 0.6 is 0 Å². The van der Waals surface area contributed by atoms with E-state index in [1.165, 1.54) is 0 Å². The Morgan fingerprint density at radius 2 is 2.22 bits per heavy atom. The quantitative estimate of drug-likeness (QED) is 0.633. The Kier molecular flexibility index (Phi) is 6.25. The van der Waals surface area contributed by atoms with E-state index in [0.717, 1.165) is 25.7 Å². The van der Waals surface area contributed by atoms with E-state index in [4.69, 9.17) is 5.11 Å². The van der Waals surface area contributed by atoms with E-state index in [1.54, 1.807) is 0 Å². The maximum Gasteiger partial charge on any atom is 0.326 e. The van der Waals surface area contributed by atoms with Crippen LogP contribution in [0.15, 0.2) is 12.2 Å². The second-order valence-electron chi connectivity index (χ2n) is 4.68. The van der Waals surface area contributed by atoms with Gasteiger partial charge in [0.1, 0.15) is 6.04 Å². The van der Waals surface area contributed by atoms with E-state index in [2.05, 4.69) is 22.8 Å². The second kappa shape index (κ2) is 7.74. The molecule has 5 nitrogen and oxygen atoms in total. The zero-order chi connectivity index (χ0) is 13.4. The number of allylic oxidation sites excluding steroid dienone is 2. The van der Waals surface area contributed by atoms with Gasteiger partial charge in [0.25, 0.3) is 0 Å². The van der Waals surface area contributed by atoms with Crippen molar-refractivity contribution in [1.82, 2.24) is 10.6 Å². The normalized spacial score (nSPS) is 20.2. The topological polar surface area (TPSA) is 78.4 Å². The van der Waals surface area contributed by atoms with E-state index in [-0.39, 0.29) is 6.03 Å². The summed E-state index contributed by atoms with van der Waals surface area (Å²) in [5.74, 6) is -0.511. The Balaban J connectivity index is 2.27. The molecule has 0 aromatic rings. The highest BCUT2D eigenvalue weighted by atomic mass is 16.4. The summed E-state index contributed by atoms with van der Waals surface area (Å²) < 4.78 is 0. The molecule has 18 heavy (non-hydrogen) atoms. The maximum atomic E-state index is 11.6.